The molecule has 0 aliphatic heterocycles. The summed E-state index contributed by atoms with van der Waals surface area (Å²) in [6, 6.07) is 10.2. The van der Waals surface area contributed by atoms with Gasteiger partial charge in [-0.3, -0.25) is 9.59 Å². The second kappa shape index (κ2) is 14.0. The summed E-state index contributed by atoms with van der Waals surface area (Å²) in [5.41, 5.74) is 1.24. The van der Waals surface area contributed by atoms with Crippen molar-refractivity contribution in [2.45, 2.75) is 83.8 Å². The molecule has 0 radical (unpaired) electrons. The van der Waals surface area contributed by atoms with Crippen molar-refractivity contribution in [1.29, 1.82) is 0 Å². The van der Waals surface area contributed by atoms with E-state index in [1.807, 2.05) is 38.1 Å². The molecule has 0 aromatic heterocycles. The molecule has 1 N–H and O–H groups in total. The van der Waals surface area contributed by atoms with E-state index in [1.54, 1.807) is 6.08 Å². The van der Waals surface area contributed by atoms with Gasteiger partial charge in [0.15, 0.2) is 5.78 Å². The van der Waals surface area contributed by atoms with Crippen LogP contribution >= 0.6 is 0 Å². The predicted molar refractivity (Wildman–Crippen MR) is 125 cm³/mol. The maximum atomic E-state index is 12.2. The van der Waals surface area contributed by atoms with E-state index in [0.29, 0.717) is 19.3 Å². The summed E-state index contributed by atoms with van der Waals surface area (Å²) in [7, 11) is 0. The third kappa shape index (κ3) is 9.65. The SMILES string of the molecule is CCC(C)OC(=O)CCC/C=C\CC1C(=O)C=CC1CC[C@@H](O)CCc1ccccc1. The average molecular weight is 427 g/mol. The molecule has 0 fully saturated rings. The van der Waals surface area contributed by atoms with Crippen molar-refractivity contribution in [1.82, 2.24) is 0 Å². The molecular formula is C27H38O4. The standard InChI is InChI=1S/C27H38O4/c1-3-21(2)31-27(30)14-10-5-4-9-13-25-23(17-20-26(25)29)16-19-24(28)18-15-22-11-7-6-8-12-22/h4,6-9,11-12,17,20-21,23-25,28H,3,5,10,13-16,18-19H2,1-2H3/b9-4-/t21?,23?,24-,25?/m0/s1. The van der Waals surface area contributed by atoms with Crippen LogP contribution in [0.2, 0.25) is 0 Å². The topological polar surface area (TPSA) is 63.6 Å². The number of esters is 1. The number of aryl methyl sites for hydroxylation is 1. The summed E-state index contributed by atoms with van der Waals surface area (Å²) in [5.74, 6) is 0.233. The number of ether oxygens (including phenoxy) is 1. The predicted octanol–water partition coefficient (Wildman–Crippen LogP) is 5.59. The summed E-state index contributed by atoms with van der Waals surface area (Å²) >= 11 is 0. The van der Waals surface area contributed by atoms with Crippen LogP contribution in [0.25, 0.3) is 0 Å². The number of benzene rings is 1. The first-order valence-electron chi connectivity index (χ1n) is 11.8. The Morgan fingerprint density at radius 2 is 1.97 bits per heavy atom. The number of ketones is 1. The average Bonchev–Trinajstić information content (AvgIpc) is 3.13. The lowest BCUT2D eigenvalue weighted by atomic mass is 9.86. The van der Waals surface area contributed by atoms with Gasteiger partial charge in [-0.05, 0) is 75.8 Å². The van der Waals surface area contributed by atoms with Crippen molar-refractivity contribution in [2.24, 2.45) is 11.8 Å². The van der Waals surface area contributed by atoms with Gasteiger partial charge in [-0.2, -0.15) is 0 Å². The molecule has 2 rings (SSSR count). The zero-order valence-electron chi connectivity index (χ0n) is 19.0. The monoisotopic (exact) mass is 426 g/mol. The molecule has 31 heavy (non-hydrogen) atoms. The Morgan fingerprint density at radius 1 is 1.19 bits per heavy atom. The van der Waals surface area contributed by atoms with E-state index in [1.165, 1.54) is 5.56 Å². The van der Waals surface area contributed by atoms with Gasteiger partial charge in [0.1, 0.15) is 0 Å². The van der Waals surface area contributed by atoms with E-state index < -0.39 is 0 Å². The van der Waals surface area contributed by atoms with Crippen molar-refractivity contribution < 1.29 is 19.4 Å². The van der Waals surface area contributed by atoms with Crippen LogP contribution in [-0.4, -0.2) is 29.1 Å². The third-order valence-corrected chi connectivity index (χ3v) is 6.05. The number of hydrogen-bond donors (Lipinski definition) is 1. The number of allylic oxidation sites excluding steroid dienone is 4. The summed E-state index contributed by atoms with van der Waals surface area (Å²) < 4.78 is 5.27. The van der Waals surface area contributed by atoms with E-state index in [2.05, 4.69) is 24.3 Å². The Labute approximate surface area is 187 Å². The molecule has 170 valence electrons. The Kier molecular flexibility index (Phi) is 11.3. The second-order valence-corrected chi connectivity index (χ2v) is 8.60. The number of carbonyl (C=O) groups excluding carboxylic acids is 2. The van der Waals surface area contributed by atoms with Gasteiger partial charge in [0.25, 0.3) is 0 Å². The van der Waals surface area contributed by atoms with Crippen molar-refractivity contribution >= 4 is 11.8 Å². The molecule has 4 atom stereocenters. The number of aliphatic hydroxyl groups excluding tert-OH is 1. The minimum absolute atomic E-state index is 0.0160. The maximum Gasteiger partial charge on any atom is 0.306 e. The highest BCUT2D eigenvalue weighted by Crippen LogP contribution is 2.30. The smallest absolute Gasteiger partial charge is 0.306 e. The van der Waals surface area contributed by atoms with Gasteiger partial charge in [0, 0.05) is 12.3 Å². The zero-order chi connectivity index (χ0) is 22.5. The van der Waals surface area contributed by atoms with E-state index in [9.17, 15) is 14.7 Å². The first kappa shape index (κ1) is 25.1. The van der Waals surface area contributed by atoms with Crippen LogP contribution in [0.3, 0.4) is 0 Å². The molecule has 0 heterocycles. The molecule has 1 aliphatic rings. The number of carbonyl (C=O) groups is 2. The fraction of sp³-hybridized carbons (Fsp3) is 0.556. The van der Waals surface area contributed by atoms with E-state index >= 15 is 0 Å². The number of hydrogen-bond acceptors (Lipinski definition) is 4. The second-order valence-electron chi connectivity index (χ2n) is 8.60. The van der Waals surface area contributed by atoms with Crippen LogP contribution in [0.15, 0.2) is 54.6 Å². The van der Waals surface area contributed by atoms with Crippen LogP contribution in [-0.2, 0) is 20.7 Å². The van der Waals surface area contributed by atoms with Gasteiger partial charge in [0.2, 0.25) is 0 Å². The van der Waals surface area contributed by atoms with Crippen LogP contribution in [0, 0.1) is 11.8 Å². The highest BCUT2D eigenvalue weighted by atomic mass is 16.5. The van der Waals surface area contributed by atoms with Gasteiger partial charge in [0.05, 0.1) is 12.2 Å². The maximum absolute atomic E-state index is 12.2. The van der Waals surface area contributed by atoms with Gasteiger partial charge < -0.3 is 9.84 Å². The molecule has 0 saturated carbocycles. The van der Waals surface area contributed by atoms with Crippen molar-refractivity contribution in [3.05, 3.63) is 60.2 Å². The Hall–Kier alpha value is -2.20. The number of unbranched alkanes of at least 4 members (excludes halogenated alkanes) is 1. The van der Waals surface area contributed by atoms with Crippen molar-refractivity contribution in [3.63, 3.8) is 0 Å². The molecule has 3 unspecified atom stereocenters. The molecule has 1 aromatic rings. The van der Waals surface area contributed by atoms with Crippen molar-refractivity contribution in [2.75, 3.05) is 0 Å². The van der Waals surface area contributed by atoms with Gasteiger partial charge in [-0.1, -0.05) is 55.5 Å². The van der Waals surface area contributed by atoms with E-state index in [0.717, 1.165) is 38.5 Å². The molecule has 0 amide bonds. The summed E-state index contributed by atoms with van der Waals surface area (Å²) in [6.45, 7) is 3.90. The first-order chi connectivity index (χ1) is 15.0. The summed E-state index contributed by atoms with van der Waals surface area (Å²) in [4.78, 5) is 23.9. The molecular weight excluding hydrogens is 388 g/mol. The fourth-order valence-corrected chi connectivity index (χ4v) is 3.87. The Morgan fingerprint density at radius 3 is 2.71 bits per heavy atom. The highest BCUT2D eigenvalue weighted by Gasteiger charge is 2.29. The normalized spacial score (nSPS) is 20.3. The lowest BCUT2D eigenvalue weighted by Crippen LogP contribution is -2.17. The van der Waals surface area contributed by atoms with Gasteiger partial charge >= 0.3 is 5.97 Å². The van der Waals surface area contributed by atoms with E-state index in [-0.39, 0.29) is 35.8 Å². The van der Waals surface area contributed by atoms with Crippen LogP contribution < -0.4 is 0 Å². The lowest BCUT2D eigenvalue weighted by molar-refractivity contribution is -0.148. The molecule has 0 spiro atoms. The first-order valence-corrected chi connectivity index (χ1v) is 11.8. The molecule has 1 aromatic carbocycles. The summed E-state index contributed by atoms with van der Waals surface area (Å²) in [5, 5.41) is 10.4. The Balaban J connectivity index is 1.64. The number of rotatable bonds is 14. The zero-order valence-corrected chi connectivity index (χ0v) is 19.0. The van der Waals surface area contributed by atoms with E-state index in [4.69, 9.17) is 4.74 Å². The van der Waals surface area contributed by atoms with Crippen molar-refractivity contribution in [3.8, 4) is 0 Å². The Bertz CT molecular complexity index is 722. The third-order valence-electron chi connectivity index (χ3n) is 6.05. The van der Waals surface area contributed by atoms with Gasteiger partial charge in [-0.15, -0.1) is 0 Å². The lowest BCUT2D eigenvalue weighted by Gasteiger charge is -2.18. The molecule has 4 heteroatoms. The molecule has 1 aliphatic carbocycles. The van der Waals surface area contributed by atoms with Crippen LogP contribution in [0.4, 0.5) is 0 Å². The largest absolute Gasteiger partial charge is 0.463 e. The van der Waals surface area contributed by atoms with Crippen LogP contribution in [0.1, 0.15) is 70.8 Å². The molecule has 4 nitrogen and oxygen atoms in total. The summed E-state index contributed by atoms with van der Waals surface area (Å²) in [6.07, 6.45) is 14.2. The molecule has 0 bridgehead atoms. The molecule has 0 saturated heterocycles. The van der Waals surface area contributed by atoms with Gasteiger partial charge in [-0.25, -0.2) is 0 Å². The fourth-order valence-electron chi connectivity index (χ4n) is 3.87. The quantitative estimate of drug-likeness (QED) is 0.239. The highest BCUT2D eigenvalue weighted by molar-refractivity contribution is 5.94. The minimum Gasteiger partial charge on any atom is -0.463 e. The number of aliphatic hydroxyl groups is 1. The van der Waals surface area contributed by atoms with Crippen LogP contribution in [0.5, 0.6) is 0 Å². The minimum atomic E-state index is -0.337.